The fourth-order valence-electron chi connectivity index (χ4n) is 1.72. The van der Waals surface area contributed by atoms with Gasteiger partial charge in [-0.3, -0.25) is 9.59 Å². The van der Waals surface area contributed by atoms with Crippen LogP contribution in [0.2, 0.25) is 0 Å². The summed E-state index contributed by atoms with van der Waals surface area (Å²) in [6, 6.07) is 0. The van der Waals surface area contributed by atoms with Crippen molar-refractivity contribution >= 4 is 36.4 Å². The maximum Gasteiger partial charge on any atom is 0.204 e. The molecule has 0 aromatic heterocycles. The zero-order chi connectivity index (χ0) is 17.6. The van der Waals surface area contributed by atoms with Crippen molar-refractivity contribution in [2.24, 2.45) is 11.5 Å². The zero-order valence-corrected chi connectivity index (χ0v) is 15.8. The molecule has 6 N–H and O–H groups in total. The molecule has 0 unspecified atom stereocenters. The number of ether oxygens (including phenoxy) is 3. The molecular formula is C14H30Cl2N2O7. The number of ketones is 2. The summed E-state index contributed by atoms with van der Waals surface area (Å²) >= 11 is 0. The van der Waals surface area contributed by atoms with Gasteiger partial charge in [0.15, 0.2) is 11.6 Å². The summed E-state index contributed by atoms with van der Waals surface area (Å²) in [6.07, 6.45) is -0.232. The number of aliphatic hydroxyl groups excluding tert-OH is 1. The molecule has 0 radical (unpaired) electrons. The SMILES string of the molecule is Cl.Cl.NCCC(=O)C(O)(COCCOCCOCCO)C(=O)CCN. The van der Waals surface area contributed by atoms with Gasteiger partial charge in [0.05, 0.1) is 46.2 Å². The first-order valence-corrected chi connectivity index (χ1v) is 7.56. The van der Waals surface area contributed by atoms with Crippen LogP contribution in [0.1, 0.15) is 12.8 Å². The maximum absolute atomic E-state index is 11.9. The van der Waals surface area contributed by atoms with E-state index < -0.39 is 23.8 Å². The fourth-order valence-corrected chi connectivity index (χ4v) is 1.72. The van der Waals surface area contributed by atoms with Crippen molar-refractivity contribution in [3.63, 3.8) is 0 Å². The van der Waals surface area contributed by atoms with Gasteiger partial charge < -0.3 is 35.9 Å². The van der Waals surface area contributed by atoms with E-state index >= 15 is 0 Å². The molecule has 0 atom stereocenters. The lowest BCUT2D eigenvalue weighted by Crippen LogP contribution is -2.51. The molecule has 0 saturated carbocycles. The molecule has 152 valence electrons. The van der Waals surface area contributed by atoms with E-state index in [1.54, 1.807) is 0 Å². The van der Waals surface area contributed by atoms with E-state index in [1.165, 1.54) is 0 Å². The highest BCUT2D eigenvalue weighted by molar-refractivity contribution is 6.10. The molecule has 0 aliphatic carbocycles. The Bertz CT molecular complexity index is 331. The summed E-state index contributed by atoms with van der Waals surface area (Å²) in [5.74, 6) is -1.34. The third-order valence-corrected chi connectivity index (χ3v) is 2.96. The lowest BCUT2D eigenvalue weighted by Gasteiger charge is -2.25. The van der Waals surface area contributed by atoms with E-state index in [-0.39, 0.29) is 77.2 Å². The summed E-state index contributed by atoms with van der Waals surface area (Å²) in [7, 11) is 0. The van der Waals surface area contributed by atoms with Crippen LogP contribution in [0, 0.1) is 0 Å². The second kappa shape index (κ2) is 18.4. The van der Waals surface area contributed by atoms with E-state index in [4.69, 9.17) is 30.8 Å². The van der Waals surface area contributed by atoms with Gasteiger partial charge in [-0.1, -0.05) is 0 Å². The molecule has 0 saturated heterocycles. The highest BCUT2D eigenvalue weighted by atomic mass is 35.5. The number of hydrogen-bond acceptors (Lipinski definition) is 9. The Hall–Kier alpha value is -0.360. The molecular weight excluding hydrogens is 379 g/mol. The standard InChI is InChI=1S/C14H28N2O7.2ClH/c15-3-1-12(18)14(20,13(19)2-4-16)11-23-10-9-22-8-7-21-6-5-17;;/h17,20H,1-11,15-16H2;2*1H. The second-order valence-electron chi connectivity index (χ2n) is 4.78. The number of rotatable bonds is 16. The topological polar surface area (TPSA) is 154 Å². The summed E-state index contributed by atoms with van der Waals surface area (Å²) in [5, 5.41) is 18.8. The predicted molar refractivity (Wildman–Crippen MR) is 96.3 cm³/mol. The summed E-state index contributed by atoms with van der Waals surface area (Å²) in [4.78, 5) is 23.8. The monoisotopic (exact) mass is 408 g/mol. The molecule has 0 heterocycles. The largest absolute Gasteiger partial charge is 0.394 e. The molecule has 0 fully saturated rings. The Morgan fingerprint density at radius 3 is 1.60 bits per heavy atom. The van der Waals surface area contributed by atoms with E-state index in [0.29, 0.717) is 13.2 Å². The normalized spacial score (nSPS) is 10.7. The molecule has 0 aromatic carbocycles. The van der Waals surface area contributed by atoms with Gasteiger partial charge in [0.2, 0.25) is 5.60 Å². The van der Waals surface area contributed by atoms with Crippen LogP contribution >= 0.6 is 24.8 Å². The van der Waals surface area contributed by atoms with Crippen LogP contribution in [0.4, 0.5) is 0 Å². The lowest BCUT2D eigenvalue weighted by molar-refractivity contribution is -0.158. The van der Waals surface area contributed by atoms with Crippen molar-refractivity contribution < 1.29 is 34.0 Å². The van der Waals surface area contributed by atoms with Crippen molar-refractivity contribution in [3.8, 4) is 0 Å². The second-order valence-corrected chi connectivity index (χ2v) is 4.78. The number of carbonyl (C=O) groups is 2. The minimum Gasteiger partial charge on any atom is -0.394 e. The lowest BCUT2D eigenvalue weighted by atomic mass is 9.90. The van der Waals surface area contributed by atoms with Gasteiger partial charge in [0.25, 0.3) is 0 Å². The maximum atomic E-state index is 11.9. The van der Waals surface area contributed by atoms with Crippen LogP contribution in [0.5, 0.6) is 0 Å². The first-order valence-electron chi connectivity index (χ1n) is 7.56. The zero-order valence-electron chi connectivity index (χ0n) is 14.2. The van der Waals surface area contributed by atoms with Crippen LogP contribution in [0.25, 0.3) is 0 Å². The smallest absolute Gasteiger partial charge is 0.204 e. The highest BCUT2D eigenvalue weighted by Gasteiger charge is 2.42. The Labute approximate surface area is 160 Å². The van der Waals surface area contributed by atoms with Gasteiger partial charge in [-0.05, 0) is 13.1 Å². The Morgan fingerprint density at radius 1 is 0.800 bits per heavy atom. The minimum atomic E-state index is -2.21. The van der Waals surface area contributed by atoms with E-state index in [2.05, 4.69) is 0 Å². The van der Waals surface area contributed by atoms with Crippen molar-refractivity contribution in [1.82, 2.24) is 0 Å². The number of halogens is 2. The molecule has 0 rings (SSSR count). The molecule has 0 aromatic rings. The molecule has 25 heavy (non-hydrogen) atoms. The number of nitrogens with two attached hydrogens (primary N) is 2. The first-order chi connectivity index (χ1) is 11.0. The first kappa shape index (κ1) is 29.4. The summed E-state index contributed by atoms with van der Waals surface area (Å²) in [6.45, 7) is 0.814. The molecule has 0 aliphatic heterocycles. The number of hydrogen-bond donors (Lipinski definition) is 4. The van der Waals surface area contributed by atoms with Crippen molar-refractivity contribution in [1.29, 1.82) is 0 Å². The van der Waals surface area contributed by atoms with Crippen LogP contribution in [-0.2, 0) is 23.8 Å². The summed E-state index contributed by atoms with van der Waals surface area (Å²) < 4.78 is 15.4. The van der Waals surface area contributed by atoms with Crippen LogP contribution < -0.4 is 11.5 Å². The van der Waals surface area contributed by atoms with Gasteiger partial charge in [-0.2, -0.15) is 0 Å². The van der Waals surface area contributed by atoms with E-state index in [1.807, 2.05) is 0 Å². The number of carbonyl (C=O) groups excluding carboxylic acids is 2. The van der Waals surface area contributed by atoms with Crippen LogP contribution in [0.3, 0.4) is 0 Å². The Morgan fingerprint density at radius 2 is 1.20 bits per heavy atom. The average Bonchev–Trinajstić information content (AvgIpc) is 2.53. The van der Waals surface area contributed by atoms with E-state index in [9.17, 15) is 14.7 Å². The van der Waals surface area contributed by atoms with Crippen LogP contribution in [-0.4, -0.2) is 86.7 Å². The van der Waals surface area contributed by atoms with Crippen molar-refractivity contribution in [2.75, 3.05) is 59.3 Å². The Kier molecular flexibility index (Phi) is 21.7. The molecule has 0 aliphatic rings. The molecule has 9 nitrogen and oxygen atoms in total. The number of Topliss-reactive ketones (excluding diaryl/α,β-unsaturated/α-hetero) is 2. The fraction of sp³-hybridized carbons (Fsp3) is 0.857. The third kappa shape index (κ3) is 12.6. The minimum absolute atomic E-state index is 0. The molecule has 0 amide bonds. The third-order valence-electron chi connectivity index (χ3n) is 2.96. The van der Waals surface area contributed by atoms with E-state index in [0.717, 1.165) is 0 Å². The van der Waals surface area contributed by atoms with Crippen LogP contribution in [0.15, 0.2) is 0 Å². The molecule has 11 heteroatoms. The van der Waals surface area contributed by atoms with Gasteiger partial charge in [-0.15, -0.1) is 24.8 Å². The van der Waals surface area contributed by atoms with Crippen molar-refractivity contribution in [3.05, 3.63) is 0 Å². The Balaban J connectivity index is -0.00000242. The summed E-state index contributed by atoms with van der Waals surface area (Å²) in [5.41, 5.74) is 8.37. The van der Waals surface area contributed by atoms with Gasteiger partial charge >= 0.3 is 0 Å². The molecule has 0 bridgehead atoms. The quantitative estimate of drug-likeness (QED) is 0.175. The van der Waals surface area contributed by atoms with Gasteiger partial charge in [-0.25, -0.2) is 0 Å². The molecule has 0 spiro atoms. The average molecular weight is 409 g/mol. The van der Waals surface area contributed by atoms with Gasteiger partial charge in [0, 0.05) is 12.8 Å². The number of aliphatic hydroxyl groups is 2. The van der Waals surface area contributed by atoms with Gasteiger partial charge in [0.1, 0.15) is 0 Å². The predicted octanol–water partition coefficient (Wildman–Crippen LogP) is -1.56. The van der Waals surface area contributed by atoms with Crippen molar-refractivity contribution in [2.45, 2.75) is 18.4 Å². The highest BCUT2D eigenvalue weighted by Crippen LogP contribution is 2.13.